The summed E-state index contributed by atoms with van der Waals surface area (Å²) < 4.78 is 8.12. The zero-order valence-corrected chi connectivity index (χ0v) is 15.1. The molecule has 1 saturated carbocycles. The summed E-state index contributed by atoms with van der Waals surface area (Å²) in [7, 11) is 1.68. The quantitative estimate of drug-likeness (QED) is 0.831. The highest BCUT2D eigenvalue weighted by Crippen LogP contribution is 2.36. The number of nitrogens with one attached hydrogen (secondary N) is 1. The van der Waals surface area contributed by atoms with E-state index < -0.39 is 0 Å². The number of methoxy groups -OCH3 is 1. The Labute approximate surface area is 144 Å². The van der Waals surface area contributed by atoms with Crippen LogP contribution in [-0.2, 0) is 4.74 Å². The molecule has 6 nitrogen and oxygen atoms in total. The Hall–Kier alpha value is -1.18. The summed E-state index contributed by atoms with van der Waals surface area (Å²) in [6, 6.07) is 2.28. The van der Waals surface area contributed by atoms with Gasteiger partial charge in [-0.05, 0) is 54.6 Å². The molecule has 7 heteroatoms. The predicted octanol–water partition coefficient (Wildman–Crippen LogP) is 2.96. The maximum atomic E-state index is 9.72. The van der Waals surface area contributed by atoms with Crippen molar-refractivity contribution >= 4 is 27.4 Å². The van der Waals surface area contributed by atoms with Crippen LogP contribution >= 0.6 is 15.9 Å². The number of halogens is 1. The number of hydrogen-bond acceptors (Lipinski definition) is 5. The summed E-state index contributed by atoms with van der Waals surface area (Å²) in [5.74, 6) is 1.03. The number of nitrogens with zero attached hydrogens (tertiary/aromatic N) is 3. The molecule has 3 rings (SSSR count). The standard InChI is InChI=1S/C16H23BrN4O2/c1-10(9-23-2)19-16-18-8-15-13(17)7-14(21(15)20-16)11-3-5-12(22)6-4-11/h7-8,10-12,22H,3-6,9H2,1-2H3,(H,19,20)/t10-,11?,12?/m0/s1. The van der Waals surface area contributed by atoms with Crippen LogP contribution in [0.5, 0.6) is 0 Å². The van der Waals surface area contributed by atoms with E-state index in [9.17, 15) is 5.11 Å². The van der Waals surface area contributed by atoms with Crippen LogP contribution in [0.2, 0.25) is 0 Å². The number of ether oxygens (including phenoxy) is 1. The van der Waals surface area contributed by atoms with Crippen molar-refractivity contribution in [2.45, 2.75) is 50.7 Å². The van der Waals surface area contributed by atoms with Crippen molar-refractivity contribution in [2.24, 2.45) is 0 Å². The van der Waals surface area contributed by atoms with Gasteiger partial charge in [0.1, 0.15) is 0 Å². The zero-order valence-electron chi connectivity index (χ0n) is 13.5. The fourth-order valence-corrected chi connectivity index (χ4v) is 3.72. The van der Waals surface area contributed by atoms with Gasteiger partial charge in [0.05, 0.1) is 24.4 Å². The van der Waals surface area contributed by atoms with Gasteiger partial charge >= 0.3 is 0 Å². The number of aliphatic hydroxyl groups is 1. The number of rotatable bonds is 5. The number of anilines is 1. The van der Waals surface area contributed by atoms with Gasteiger partial charge in [0, 0.05) is 29.2 Å². The Bertz CT molecular complexity index is 667. The first kappa shape index (κ1) is 16.7. The number of aromatic nitrogens is 3. The minimum Gasteiger partial charge on any atom is -0.393 e. The van der Waals surface area contributed by atoms with Crippen LogP contribution in [0.1, 0.15) is 44.2 Å². The Kier molecular flexibility index (Phi) is 5.18. The number of hydrogen-bond donors (Lipinski definition) is 2. The number of fused-ring (bicyclic) bond motifs is 1. The van der Waals surface area contributed by atoms with Crippen molar-refractivity contribution < 1.29 is 9.84 Å². The molecule has 0 unspecified atom stereocenters. The third-order valence-electron chi connectivity index (χ3n) is 4.40. The molecule has 0 amide bonds. The first-order valence-electron chi connectivity index (χ1n) is 8.06. The van der Waals surface area contributed by atoms with Gasteiger partial charge in [-0.2, -0.15) is 0 Å². The second-order valence-corrected chi connectivity index (χ2v) is 7.16. The highest BCUT2D eigenvalue weighted by molar-refractivity contribution is 9.10. The molecule has 1 atom stereocenters. The van der Waals surface area contributed by atoms with Crippen molar-refractivity contribution in [2.75, 3.05) is 19.0 Å². The highest BCUT2D eigenvalue weighted by Gasteiger charge is 2.24. The molecule has 23 heavy (non-hydrogen) atoms. The van der Waals surface area contributed by atoms with Gasteiger partial charge in [-0.15, -0.1) is 5.10 Å². The van der Waals surface area contributed by atoms with E-state index in [4.69, 9.17) is 4.74 Å². The fourth-order valence-electron chi connectivity index (χ4n) is 3.22. The van der Waals surface area contributed by atoms with E-state index in [2.05, 4.69) is 37.4 Å². The van der Waals surface area contributed by atoms with Crippen LogP contribution in [0, 0.1) is 0 Å². The van der Waals surface area contributed by atoms with Crippen molar-refractivity contribution in [3.05, 3.63) is 22.4 Å². The molecule has 0 radical (unpaired) electrons. The van der Waals surface area contributed by atoms with Gasteiger partial charge in [0.15, 0.2) is 0 Å². The van der Waals surface area contributed by atoms with Crippen LogP contribution in [0.25, 0.3) is 5.52 Å². The van der Waals surface area contributed by atoms with Crippen LogP contribution < -0.4 is 5.32 Å². The molecule has 1 aliphatic carbocycles. The maximum Gasteiger partial charge on any atom is 0.241 e. The Balaban J connectivity index is 1.89. The van der Waals surface area contributed by atoms with Gasteiger partial charge < -0.3 is 15.2 Å². The van der Waals surface area contributed by atoms with Crippen molar-refractivity contribution in [1.29, 1.82) is 0 Å². The molecular formula is C16H23BrN4O2. The normalized spacial score (nSPS) is 23.1. The lowest BCUT2D eigenvalue weighted by Gasteiger charge is -2.25. The van der Waals surface area contributed by atoms with E-state index in [1.54, 1.807) is 7.11 Å². The van der Waals surface area contributed by atoms with Crippen molar-refractivity contribution in [3.8, 4) is 0 Å². The molecule has 0 aliphatic heterocycles. The second kappa shape index (κ2) is 7.15. The first-order valence-corrected chi connectivity index (χ1v) is 8.85. The van der Waals surface area contributed by atoms with E-state index in [1.807, 2.05) is 17.6 Å². The molecule has 2 aromatic heterocycles. The summed E-state index contributed by atoms with van der Waals surface area (Å²) >= 11 is 3.61. The highest BCUT2D eigenvalue weighted by atomic mass is 79.9. The van der Waals surface area contributed by atoms with E-state index in [-0.39, 0.29) is 12.1 Å². The minimum absolute atomic E-state index is 0.143. The van der Waals surface area contributed by atoms with Crippen LogP contribution in [0.15, 0.2) is 16.7 Å². The lowest BCUT2D eigenvalue weighted by atomic mass is 9.85. The molecular weight excluding hydrogens is 360 g/mol. The third-order valence-corrected chi connectivity index (χ3v) is 5.04. The predicted molar refractivity (Wildman–Crippen MR) is 92.9 cm³/mol. The van der Waals surface area contributed by atoms with Crippen molar-refractivity contribution in [3.63, 3.8) is 0 Å². The van der Waals surface area contributed by atoms with Gasteiger partial charge in [-0.25, -0.2) is 9.50 Å². The summed E-state index contributed by atoms with van der Waals surface area (Å²) in [4.78, 5) is 4.39. The Morgan fingerprint density at radius 2 is 2.17 bits per heavy atom. The van der Waals surface area contributed by atoms with Gasteiger partial charge in [0.25, 0.3) is 0 Å². The average Bonchev–Trinajstić information content (AvgIpc) is 2.85. The van der Waals surface area contributed by atoms with Gasteiger partial charge in [0.2, 0.25) is 5.95 Å². The molecule has 1 aliphatic rings. The molecule has 0 bridgehead atoms. The van der Waals surface area contributed by atoms with E-state index in [1.165, 1.54) is 5.69 Å². The van der Waals surface area contributed by atoms with Gasteiger partial charge in [-0.3, -0.25) is 0 Å². The first-order chi connectivity index (χ1) is 11.1. The SMILES string of the molecule is COC[C@H](C)Nc1ncc2c(Br)cc(C3CCC(O)CC3)n2n1. The fraction of sp³-hybridized carbons (Fsp3) is 0.625. The third kappa shape index (κ3) is 3.67. The van der Waals surface area contributed by atoms with E-state index >= 15 is 0 Å². The lowest BCUT2D eigenvalue weighted by molar-refractivity contribution is 0.121. The average molecular weight is 383 g/mol. The number of aliphatic hydroxyl groups excluding tert-OH is 1. The van der Waals surface area contributed by atoms with Gasteiger partial charge in [-0.1, -0.05) is 0 Å². The lowest BCUT2D eigenvalue weighted by Crippen LogP contribution is -2.23. The molecule has 2 aromatic rings. The maximum absolute atomic E-state index is 9.72. The zero-order chi connectivity index (χ0) is 16.4. The molecule has 2 heterocycles. The topological polar surface area (TPSA) is 71.7 Å². The largest absolute Gasteiger partial charge is 0.393 e. The van der Waals surface area contributed by atoms with E-state index in [0.717, 1.165) is 35.7 Å². The molecule has 126 valence electrons. The minimum atomic E-state index is -0.150. The Morgan fingerprint density at radius 3 is 2.87 bits per heavy atom. The molecule has 0 spiro atoms. The van der Waals surface area contributed by atoms with E-state index in [0.29, 0.717) is 18.5 Å². The molecule has 2 N–H and O–H groups in total. The second-order valence-electron chi connectivity index (χ2n) is 6.30. The summed E-state index contributed by atoms with van der Waals surface area (Å²) in [6.45, 7) is 2.64. The monoisotopic (exact) mass is 382 g/mol. The molecule has 0 aromatic carbocycles. The smallest absolute Gasteiger partial charge is 0.241 e. The molecule has 0 saturated heterocycles. The summed E-state index contributed by atoms with van der Waals surface area (Å²) in [6.07, 6.45) is 5.38. The van der Waals surface area contributed by atoms with Crippen LogP contribution in [0.4, 0.5) is 5.95 Å². The molecule has 1 fully saturated rings. The van der Waals surface area contributed by atoms with Crippen LogP contribution in [0.3, 0.4) is 0 Å². The Morgan fingerprint density at radius 1 is 1.43 bits per heavy atom. The summed E-state index contributed by atoms with van der Waals surface area (Å²) in [5, 5.41) is 17.6. The summed E-state index contributed by atoms with van der Waals surface area (Å²) in [5.41, 5.74) is 2.15. The van der Waals surface area contributed by atoms with Crippen molar-refractivity contribution in [1.82, 2.24) is 14.6 Å². The van der Waals surface area contributed by atoms with Crippen LogP contribution in [-0.4, -0.2) is 45.6 Å².